The van der Waals surface area contributed by atoms with Crippen LogP contribution in [0.5, 0.6) is 0 Å². The number of thiophene rings is 1. The Bertz CT molecular complexity index is 2830. The third-order valence-electron chi connectivity index (χ3n) is 9.58. The van der Waals surface area contributed by atoms with Gasteiger partial charge in [0.15, 0.2) is 5.84 Å². The highest BCUT2D eigenvalue weighted by atomic mass is 32.1. The van der Waals surface area contributed by atoms with Gasteiger partial charge < -0.3 is 0 Å². The number of rotatable bonds is 1. The summed E-state index contributed by atoms with van der Waals surface area (Å²) in [4.78, 5) is 10.8. The Balaban J connectivity index is 1.44. The number of aromatic nitrogens is 1. The number of nitrogens with zero attached hydrogens (tertiary/aromatic N) is 3. The van der Waals surface area contributed by atoms with Crippen molar-refractivity contribution in [2.75, 3.05) is 0 Å². The average molecular weight is 618 g/mol. The first-order chi connectivity index (χ1) is 23.3. The molecule has 0 radical (unpaired) electrons. The summed E-state index contributed by atoms with van der Waals surface area (Å²) in [5.41, 5.74) is 7.05. The van der Waals surface area contributed by atoms with Gasteiger partial charge in [-0.15, -0.1) is 11.3 Å². The van der Waals surface area contributed by atoms with Crippen LogP contribution in [0.25, 0.3) is 69.2 Å². The first-order valence-electron chi connectivity index (χ1n) is 15.9. The van der Waals surface area contributed by atoms with Crippen molar-refractivity contribution in [3.8, 4) is 0 Å². The van der Waals surface area contributed by atoms with Gasteiger partial charge in [-0.05, 0) is 39.2 Å². The highest BCUT2D eigenvalue weighted by Crippen LogP contribution is 2.48. The Morgan fingerprint density at radius 1 is 0.596 bits per heavy atom. The maximum Gasteiger partial charge on any atom is 0.164 e. The SMILES string of the molecule is C=C1N=C(n2c3ccccc3c3c4ccccc4c4c(sc5ccc6ccccc6c54)c32)C(c2ccccc2)=NCc2ccccc21. The second-order valence-electron chi connectivity index (χ2n) is 12.2. The molecule has 0 saturated carbocycles. The van der Waals surface area contributed by atoms with Crippen molar-refractivity contribution in [1.29, 1.82) is 0 Å². The molecule has 0 N–H and O–H groups in total. The fourth-order valence-electron chi connectivity index (χ4n) is 7.55. The standard InChI is InChI=1S/C43H27N3S/c1-26-30-17-7-6-16-29(30)25-44-40(28-14-3-2-4-15-28)43(45-26)46-35-22-12-11-21-34(35)37-32-19-9-10-20-33(32)39-38-31-18-8-5-13-27(31)23-24-36(38)47-42(39)41(37)46/h2-24H,1,25H2. The number of hydrogen-bond acceptors (Lipinski definition) is 3. The van der Waals surface area contributed by atoms with Crippen LogP contribution in [0.15, 0.2) is 156 Å². The molecule has 0 atom stereocenters. The van der Waals surface area contributed by atoms with E-state index in [9.17, 15) is 0 Å². The molecule has 220 valence electrons. The first kappa shape index (κ1) is 26.4. The van der Waals surface area contributed by atoms with Crippen LogP contribution < -0.4 is 0 Å². The third-order valence-corrected chi connectivity index (χ3v) is 10.7. The normalized spacial score (nSPS) is 13.7. The van der Waals surface area contributed by atoms with Gasteiger partial charge >= 0.3 is 0 Å². The van der Waals surface area contributed by atoms with Crippen LogP contribution in [0.2, 0.25) is 0 Å². The van der Waals surface area contributed by atoms with E-state index in [0.29, 0.717) is 6.54 Å². The molecule has 3 heterocycles. The van der Waals surface area contributed by atoms with Crippen LogP contribution in [-0.2, 0) is 6.54 Å². The van der Waals surface area contributed by atoms with Gasteiger partial charge in [0.25, 0.3) is 0 Å². The zero-order valence-corrected chi connectivity index (χ0v) is 26.3. The third kappa shape index (κ3) is 3.79. The van der Waals surface area contributed by atoms with Crippen LogP contribution in [0.3, 0.4) is 0 Å². The second-order valence-corrected chi connectivity index (χ2v) is 13.2. The molecule has 0 unspecified atom stereocenters. The number of benzene rings is 7. The molecule has 0 bridgehead atoms. The van der Waals surface area contributed by atoms with Gasteiger partial charge in [0, 0.05) is 37.4 Å². The summed E-state index contributed by atoms with van der Waals surface area (Å²) in [5.74, 6) is 0.792. The summed E-state index contributed by atoms with van der Waals surface area (Å²) in [6, 6.07) is 49.8. The molecule has 10 rings (SSSR count). The lowest BCUT2D eigenvalue weighted by Gasteiger charge is -2.19. The zero-order valence-electron chi connectivity index (χ0n) is 25.4. The minimum atomic E-state index is 0.544. The summed E-state index contributed by atoms with van der Waals surface area (Å²) >= 11 is 1.87. The van der Waals surface area contributed by atoms with E-state index in [-0.39, 0.29) is 0 Å². The molecule has 0 aliphatic carbocycles. The highest BCUT2D eigenvalue weighted by molar-refractivity contribution is 7.27. The van der Waals surface area contributed by atoms with Crippen molar-refractivity contribution in [1.82, 2.24) is 4.57 Å². The molecule has 0 fully saturated rings. The molecule has 47 heavy (non-hydrogen) atoms. The number of hydrogen-bond donors (Lipinski definition) is 0. The van der Waals surface area contributed by atoms with Crippen molar-refractivity contribution < 1.29 is 0 Å². The van der Waals surface area contributed by atoms with E-state index in [4.69, 9.17) is 9.98 Å². The first-order valence-corrected chi connectivity index (χ1v) is 16.7. The lowest BCUT2D eigenvalue weighted by Crippen LogP contribution is -2.25. The van der Waals surface area contributed by atoms with E-state index in [1.165, 1.54) is 52.5 Å². The molecule has 1 aliphatic heterocycles. The van der Waals surface area contributed by atoms with Crippen LogP contribution in [-0.4, -0.2) is 16.1 Å². The summed E-state index contributed by atoms with van der Waals surface area (Å²) in [7, 11) is 0. The van der Waals surface area contributed by atoms with Crippen LogP contribution in [0.4, 0.5) is 0 Å². The van der Waals surface area contributed by atoms with Gasteiger partial charge in [-0.25, -0.2) is 4.99 Å². The van der Waals surface area contributed by atoms with Gasteiger partial charge in [-0.3, -0.25) is 9.56 Å². The van der Waals surface area contributed by atoms with Crippen LogP contribution >= 0.6 is 11.3 Å². The molecule has 2 aromatic heterocycles. The molecule has 0 saturated heterocycles. The monoisotopic (exact) mass is 617 g/mol. The van der Waals surface area contributed by atoms with E-state index in [0.717, 1.165) is 45.0 Å². The van der Waals surface area contributed by atoms with Crippen molar-refractivity contribution in [3.63, 3.8) is 0 Å². The van der Waals surface area contributed by atoms with E-state index >= 15 is 0 Å². The van der Waals surface area contributed by atoms with Gasteiger partial charge in [-0.1, -0.05) is 134 Å². The van der Waals surface area contributed by atoms with E-state index < -0.39 is 0 Å². The Kier molecular flexibility index (Phi) is 5.66. The number of fused-ring (bicyclic) bond motifs is 13. The summed E-state index contributed by atoms with van der Waals surface area (Å²) in [6.07, 6.45) is 0. The van der Waals surface area contributed by atoms with Crippen molar-refractivity contribution in [3.05, 3.63) is 163 Å². The molecule has 0 spiro atoms. The number of para-hydroxylation sites is 1. The largest absolute Gasteiger partial charge is 0.290 e. The molecule has 7 aromatic carbocycles. The van der Waals surface area contributed by atoms with Crippen molar-refractivity contribution in [2.45, 2.75) is 6.54 Å². The Labute approximate surface area is 275 Å². The Morgan fingerprint density at radius 2 is 1.28 bits per heavy atom. The van der Waals surface area contributed by atoms with Gasteiger partial charge in [0.2, 0.25) is 0 Å². The minimum absolute atomic E-state index is 0.544. The van der Waals surface area contributed by atoms with Crippen molar-refractivity contribution in [2.24, 2.45) is 9.98 Å². The molecule has 1 aliphatic rings. The summed E-state index contributed by atoms with van der Waals surface area (Å²) in [5, 5.41) is 10.1. The lowest BCUT2D eigenvalue weighted by molar-refractivity contribution is 1.05. The smallest absolute Gasteiger partial charge is 0.164 e. The van der Waals surface area contributed by atoms with E-state index in [2.05, 4.69) is 151 Å². The van der Waals surface area contributed by atoms with Gasteiger partial charge in [-0.2, -0.15) is 0 Å². The van der Waals surface area contributed by atoms with Crippen LogP contribution in [0, 0.1) is 0 Å². The topological polar surface area (TPSA) is 29.6 Å². The molecular formula is C43H27N3S. The highest BCUT2D eigenvalue weighted by Gasteiger charge is 2.27. The molecule has 0 amide bonds. The van der Waals surface area contributed by atoms with Gasteiger partial charge in [0.05, 0.1) is 28.0 Å². The predicted molar refractivity (Wildman–Crippen MR) is 202 cm³/mol. The Morgan fingerprint density at radius 3 is 2.13 bits per heavy atom. The van der Waals surface area contributed by atoms with Gasteiger partial charge in [0.1, 0.15) is 5.71 Å². The molecule has 3 nitrogen and oxygen atoms in total. The number of aliphatic imine (C=N–C) groups is 2. The fraction of sp³-hybridized carbons (Fsp3) is 0.0233. The van der Waals surface area contributed by atoms with Crippen LogP contribution in [0.1, 0.15) is 16.7 Å². The predicted octanol–water partition coefficient (Wildman–Crippen LogP) is 11.4. The maximum absolute atomic E-state index is 5.43. The molecular weight excluding hydrogens is 591 g/mol. The minimum Gasteiger partial charge on any atom is -0.290 e. The molecule has 9 aromatic rings. The fourth-order valence-corrected chi connectivity index (χ4v) is 8.82. The lowest BCUT2D eigenvalue weighted by atomic mass is 9.96. The average Bonchev–Trinajstić information content (AvgIpc) is 3.68. The quantitative estimate of drug-likeness (QED) is 0.175. The van der Waals surface area contributed by atoms with Crippen molar-refractivity contribution >= 4 is 92.1 Å². The zero-order chi connectivity index (χ0) is 31.1. The maximum atomic E-state index is 5.43. The summed E-state index contributed by atoms with van der Waals surface area (Å²) < 4.78 is 4.91. The van der Waals surface area contributed by atoms with E-state index in [1.54, 1.807) is 0 Å². The molecule has 4 heteroatoms. The Hall–Kier alpha value is -5.84. The van der Waals surface area contributed by atoms with E-state index in [1.807, 2.05) is 11.3 Å². The summed E-state index contributed by atoms with van der Waals surface area (Å²) in [6.45, 7) is 5.08. The second kappa shape index (κ2) is 10.1.